The lowest BCUT2D eigenvalue weighted by atomic mass is 9.96. The van der Waals surface area contributed by atoms with Crippen LogP contribution >= 0.6 is 0 Å². The third-order valence-corrected chi connectivity index (χ3v) is 5.14. The molecule has 2 aromatic heterocycles. The molecular formula is C21H23N5O2. The van der Waals surface area contributed by atoms with Crippen molar-refractivity contribution in [1.82, 2.24) is 15.4 Å². The van der Waals surface area contributed by atoms with Gasteiger partial charge in [0.1, 0.15) is 5.76 Å². The van der Waals surface area contributed by atoms with Gasteiger partial charge in [0.15, 0.2) is 11.6 Å². The van der Waals surface area contributed by atoms with Crippen LogP contribution in [0.15, 0.2) is 47.0 Å². The molecule has 1 fully saturated rings. The van der Waals surface area contributed by atoms with Crippen molar-refractivity contribution < 1.29 is 9.32 Å². The molecule has 0 radical (unpaired) electrons. The number of carbonyl (C=O) groups is 1. The zero-order valence-corrected chi connectivity index (χ0v) is 16.1. The summed E-state index contributed by atoms with van der Waals surface area (Å²) in [5, 5.41) is 15.5. The maximum atomic E-state index is 12.4. The van der Waals surface area contributed by atoms with Crippen molar-refractivity contribution in [3.63, 3.8) is 0 Å². The van der Waals surface area contributed by atoms with Crippen LogP contribution in [-0.4, -0.2) is 34.4 Å². The summed E-state index contributed by atoms with van der Waals surface area (Å²) in [5.74, 6) is 1.96. The van der Waals surface area contributed by atoms with Gasteiger partial charge in [0.2, 0.25) is 5.91 Å². The fourth-order valence-corrected chi connectivity index (χ4v) is 3.52. The molecule has 0 unspecified atom stereocenters. The maximum Gasteiger partial charge on any atom is 0.228 e. The molecule has 1 N–H and O–H groups in total. The minimum atomic E-state index is -0.0348. The fraction of sp³-hybridized carbons (Fsp3) is 0.333. The second-order valence-electron chi connectivity index (χ2n) is 7.17. The number of amides is 1. The van der Waals surface area contributed by atoms with E-state index in [2.05, 4.69) is 44.6 Å². The predicted molar refractivity (Wildman–Crippen MR) is 107 cm³/mol. The number of hydrogen-bond acceptors (Lipinski definition) is 6. The van der Waals surface area contributed by atoms with Gasteiger partial charge in [0.05, 0.1) is 5.69 Å². The summed E-state index contributed by atoms with van der Waals surface area (Å²) in [6, 6.07) is 13.9. The quantitative estimate of drug-likeness (QED) is 0.748. The highest BCUT2D eigenvalue weighted by atomic mass is 16.5. The first-order valence-electron chi connectivity index (χ1n) is 9.49. The Morgan fingerprint density at radius 3 is 2.54 bits per heavy atom. The first kappa shape index (κ1) is 18.2. The fourth-order valence-electron chi connectivity index (χ4n) is 3.52. The Morgan fingerprint density at radius 2 is 1.89 bits per heavy atom. The molecule has 7 heteroatoms. The van der Waals surface area contributed by atoms with Gasteiger partial charge in [0.25, 0.3) is 0 Å². The van der Waals surface area contributed by atoms with Gasteiger partial charge in [-0.3, -0.25) is 4.79 Å². The molecule has 3 aromatic rings. The molecular weight excluding hydrogens is 354 g/mol. The van der Waals surface area contributed by atoms with Gasteiger partial charge in [-0.1, -0.05) is 29.4 Å². The van der Waals surface area contributed by atoms with E-state index in [0.29, 0.717) is 11.6 Å². The highest BCUT2D eigenvalue weighted by Gasteiger charge is 2.26. The van der Waals surface area contributed by atoms with Crippen LogP contribution in [0.3, 0.4) is 0 Å². The summed E-state index contributed by atoms with van der Waals surface area (Å²) in [7, 11) is 0. The number of nitrogens with one attached hydrogen (secondary N) is 1. The molecule has 0 atom stereocenters. The molecule has 0 bridgehead atoms. The number of hydrogen-bond donors (Lipinski definition) is 1. The van der Waals surface area contributed by atoms with Gasteiger partial charge in [-0.25, -0.2) is 0 Å². The smallest absolute Gasteiger partial charge is 0.228 e. The highest BCUT2D eigenvalue weighted by molar-refractivity contribution is 5.91. The lowest BCUT2D eigenvalue weighted by Crippen LogP contribution is -2.38. The van der Waals surface area contributed by atoms with Gasteiger partial charge in [-0.2, -0.15) is 0 Å². The lowest BCUT2D eigenvalue weighted by Gasteiger charge is -2.31. The molecule has 0 saturated carbocycles. The van der Waals surface area contributed by atoms with Crippen molar-refractivity contribution >= 4 is 17.5 Å². The number of aromatic nitrogens is 3. The molecule has 0 spiro atoms. The Kier molecular flexibility index (Phi) is 5.06. The maximum absolute atomic E-state index is 12.4. The molecule has 7 nitrogen and oxygen atoms in total. The highest BCUT2D eigenvalue weighted by Crippen LogP contribution is 2.25. The van der Waals surface area contributed by atoms with Gasteiger partial charge in [-0.15, -0.1) is 10.2 Å². The average molecular weight is 377 g/mol. The van der Waals surface area contributed by atoms with E-state index >= 15 is 0 Å². The van der Waals surface area contributed by atoms with Gasteiger partial charge in [0, 0.05) is 30.6 Å². The Balaban J connectivity index is 1.36. The van der Waals surface area contributed by atoms with Crippen LogP contribution in [0, 0.1) is 19.8 Å². The molecule has 1 aliphatic heterocycles. The minimum absolute atomic E-state index is 0.00562. The largest absolute Gasteiger partial charge is 0.360 e. The second-order valence-corrected chi connectivity index (χ2v) is 7.17. The second kappa shape index (κ2) is 7.80. The Bertz CT molecular complexity index is 959. The SMILES string of the molecule is Cc1cc(NC(=O)C2CCN(c3ccc(-c4ccccc4C)nn3)CC2)no1. The molecule has 0 aliphatic carbocycles. The topological polar surface area (TPSA) is 84.2 Å². The van der Waals surface area contributed by atoms with E-state index < -0.39 is 0 Å². The molecule has 4 rings (SSSR count). The van der Waals surface area contributed by atoms with Crippen molar-refractivity contribution in [1.29, 1.82) is 0 Å². The predicted octanol–water partition coefficient (Wildman–Crippen LogP) is 3.60. The summed E-state index contributed by atoms with van der Waals surface area (Å²) < 4.78 is 4.99. The average Bonchev–Trinajstić information content (AvgIpc) is 3.13. The molecule has 1 amide bonds. The Hall–Kier alpha value is -3.22. The van der Waals surface area contributed by atoms with Gasteiger partial charge < -0.3 is 14.7 Å². The van der Waals surface area contributed by atoms with Crippen molar-refractivity contribution in [2.45, 2.75) is 26.7 Å². The van der Waals surface area contributed by atoms with E-state index in [1.807, 2.05) is 24.3 Å². The van der Waals surface area contributed by atoms with Crippen molar-refractivity contribution in [3.8, 4) is 11.3 Å². The summed E-state index contributed by atoms with van der Waals surface area (Å²) in [4.78, 5) is 14.6. The minimum Gasteiger partial charge on any atom is -0.360 e. The third-order valence-electron chi connectivity index (χ3n) is 5.14. The Labute approximate surface area is 163 Å². The standard InChI is InChI=1S/C21H23N5O2/c1-14-5-3-4-6-17(14)18-7-8-20(24-23-18)26-11-9-16(10-12-26)21(27)22-19-13-15(2)28-25-19/h3-8,13,16H,9-12H2,1-2H3,(H,22,25,27). The number of carbonyl (C=O) groups excluding carboxylic acids is 1. The molecule has 3 heterocycles. The zero-order chi connectivity index (χ0) is 19.5. The first-order valence-corrected chi connectivity index (χ1v) is 9.49. The van der Waals surface area contributed by atoms with Crippen LogP contribution in [0.1, 0.15) is 24.2 Å². The van der Waals surface area contributed by atoms with Crippen LogP contribution in [0.25, 0.3) is 11.3 Å². The number of aryl methyl sites for hydroxylation is 2. The molecule has 28 heavy (non-hydrogen) atoms. The monoisotopic (exact) mass is 377 g/mol. The van der Waals surface area contributed by atoms with Crippen molar-refractivity contribution in [2.24, 2.45) is 5.92 Å². The summed E-state index contributed by atoms with van der Waals surface area (Å²) >= 11 is 0. The number of benzene rings is 1. The Morgan fingerprint density at radius 1 is 1.11 bits per heavy atom. The number of rotatable bonds is 4. The molecule has 1 aliphatic rings. The van der Waals surface area contributed by atoms with E-state index in [1.165, 1.54) is 5.56 Å². The molecule has 144 valence electrons. The van der Waals surface area contributed by atoms with E-state index in [4.69, 9.17) is 4.52 Å². The van der Waals surface area contributed by atoms with Crippen LogP contribution < -0.4 is 10.2 Å². The van der Waals surface area contributed by atoms with E-state index in [9.17, 15) is 4.79 Å². The van der Waals surface area contributed by atoms with Gasteiger partial charge >= 0.3 is 0 Å². The van der Waals surface area contributed by atoms with E-state index in [-0.39, 0.29) is 11.8 Å². The van der Waals surface area contributed by atoms with Gasteiger partial charge in [-0.05, 0) is 44.4 Å². The zero-order valence-electron chi connectivity index (χ0n) is 16.1. The molecule has 1 saturated heterocycles. The van der Waals surface area contributed by atoms with Crippen LogP contribution in [0.2, 0.25) is 0 Å². The van der Waals surface area contributed by atoms with E-state index in [1.54, 1.807) is 13.0 Å². The number of anilines is 2. The summed E-state index contributed by atoms with van der Waals surface area (Å²) in [6.07, 6.45) is 1.54. The van der Waals surface area contributed by atoms with Crippen LogP contribution in [0.4, 0.5) is 11.6 Å². The summed E-state index contributed by atoms with van der Waals surface area (Å²) in [6.45, 7) is 5.41. The number of piperidine rings is 1. The summed E-state index contributed by atoms with van der Waals surface area (Å²) in [5.41, 5.74) is 3.15. The van der Waals surface area contributed by atoms with Crippen LogP contribution in [-0.2, 0) is 4.79 Å². The van der Waals surface area contributed by atoms with Crippen molar-refractivity contribution in [2.75, 3.05) is 23.3 Å². The third kappa shape index (κ3) is 3.88. The number of nitrogens with zero attached hydrogens (tertiary/aromatic N) is 4. The first-order chi connectivity index (χ1) is 13.6. The van der Waals surface area contributed by atoms with Crippen molar-refractivity contribution in [3.05, 3.63) is 53.8 Å². The normalized spacial score (nSPS) is 14.9. The van der Waals surface area contributed by atoms with Crippen LogP contribution in [0.5, 0.6) is 0 Å². The van der Waals surface area contributed by atoms with E-state index in [0.717, 1.165) is 43.0 Å². The molecule has 1 aromatic carbocycles. The lowest BCUT2D eigenvalue weighted by molar-refractivity contribution is -0.120.